The minimum atomic E-state index is 0.244. The number of phenols is 1. The van der Waals surface area contributed by atoms with Crippen LogP contribution in [0.15, 0.2) is 29.4 Å². The zero-order chi connectivity index (χ0) is 11.5. The highest BCUT2D eigenvalue weighted by Gasteiger charge is 2.00. The van der Waals surface area contributed by atoms with Crippen LogP contribution in [-0.2, 0) is 0 Å². The summed E-state index contributed by atoms with van der Waals surface area (Å²) in [5.41, 5.74) is 0.908. The fourth-order valence-corrected chi connectivity index (χ4v) is 1.32. The zero-order valence-electron chi connectivity index (χ0n) is 9.12. The van der Waals surface area contributed by atoms with Gasteiger partial charge in [0.2, 0.25) is 0 Å². The number of hydrogen-bond acceptors (Lipinski definition) is 4. The van der Waals surface area contributed by atoms with Gasteiger partial charge < -0.3 is 5.11 Å². The first kappa shape index (κ1) is 10.4. The Hall–Kier alpha value is -2.17. The van der Waals surface area contributed by atoms with Crippen molar-refractivity contribution >= 4 is 6.21 Å². The van der Waals surface area contributed by atoms with Crippen LogP contribution >= 0.6 is 0 Å². The first-order valence-corrected chi connectivity index (χ1v) is 4.89. The van der Waals surface area contributed by atoms with E-state index in [4.69, 9.17) is 5.11 Å². The molecule has 5 heteroatoms. The van der Waals surface area contributed by atoms with E-state index in [1.807, 2.05) is 13.8 Å². The molecule has 2 aromatic rings. The van der Waals surface area contributed by atoms with E-state index in [-0.39, 0.29) is 5.75 Å². The number of aromatic hydroxyl groups is 1. The summed E-state index contributed by atoms with van der Waals surface area (Å²) in [7, 11) is 0. The molecule has 0 saturated carbocycles. The molecule has 0 atom stereocenters. The summed E-state index contributed by atoms with van der Waals surface area (Å²) in [4.78, 5) is 0. The monoisotopic (exact) mass is 216 g/mol. The maximum Gasteiger partial charge on any atom is 0.151 e. The zero-order valence-corrected chi connectivity index (χ0v) is 9.12. The molecule has 16 heavy (non-hydrogen) atoms. The van der Waals surface area contributed by atoms with Crippen molar-refractivity contribution in [3.8, 4) is 5.75 Å². The SMILES string of the molecule is Cc1nnc(C)n1/N=C/c1ccc(O)cc1. The largest absolute Gasteiger partial charge is 0.508 e. The van der Waals surface area contributed by atoms with Gasteiger partial charge in [-0.25, -0.2) is 4.68 Å². The minimum absolute atomic E-state index is 0.244. The van der Waals surface area contributed by atoms with Gasteiger partial charge in [-0.05, 0) is 43.7 Å². The van der Waals surface area contributed by atoms with E-state index in [1.54, 1.807) is 35.2 Å². The van der Waals surface area contributed by atoms with Crippen LogP contribution in [-0.4, -0.2) is 26.2 Å². The van der Waals surface area contributed by atoms with Crippen LogP contribution in [0.1, 0.15) is 17.2 Å². The predicted molar refractivity (Wildman–Crippen MR) is 60.6 cm³/mol. The Morgan fingerprint density at radius 3 is 2.25 bits per heavy atom. The van der Waals surface area contributed by atoms with E-state index in [1.165, 1.54) is 0 Å². The normalized spacial score (nSPS) is 11.1. The third-order valence-corrected chi connectivity index (χ3v) is 2.17. The second-order valence-electron chi connectivity index (χ2n) is 3.44. The molecular formula is C11H12N4O. The molecule has 0 radical (unpaired) electrons. The highest BCUT2D eigenvalue weighted by molar-refractivity contribution is 5.79. The molecule has 0 unspecified atom stereocenters. The lowest BCUT2D eigenvalue weighted by Gasteiger charge is -1.97. The number of rotatable bonds is 2. The van der Waals surface area contributed by atoms with Crippen LogP contribution in [0.25, 0.3) is 0 Å². The lowest BCUT2D eigenvalue weighted by Crippen LogP contribution is -1.96. The Balaban J connectivity index is 2.24. The Bertz CT molecular complexity index is 494. The van der Waals surface area contributed by atoms with Crippen molar-refractivity contribution in [2.75, 3.05) is 0 Å². The number of aryl methyl sites for hydroxylation is 2. The van der Waals surface area contributed by atoms with E-state index in [0.29, 0.717) is 0 Å². The van der Waals surface area contributed by atoms with Crippen LogP contribution < -0.4 is 0 Å². The topological polar surface area (TPSA) is 63.3 Å². The van der Waals surface area contributed by atoms with E-state index in [9.17, 15) is 0 Å². The number of hydrogen-bond donors (Lipinski definition) is 1. The van der Waals surface area contributed by atoms with E-state index < -0.39 is 0 Å². The van der Waals surface area contributed by atoms with Gasteiger partial charge in [0.25, 0.3) is 0 Å². The highest BCUT2D eigenvalue weighted by Crippen LogP contribution is 2.08. The summed E-state index contributed by atoms with van der Waals surface area (Å²) in [6.07, 6.45) is 1.70. The van der Waals surface area contributed by atoms with Crippen molar-refractivity contribution in [2.24, 2.45) is 5.10 Å². The first-order chi connectivity index (χ1) is 7.66. The molecule has 0 spiro atoms. The Morgan fingerprint density at radius 2 is 1.69 bits per heavy atom. The average Bonchev–Trinajstić information content (AvgIpc) is 2.59. The smallest absolute Gasteiger partial charge is 0.151 e. The standard InChI is InChI=1S/C11H12N4O/c1-8-13-14-9(2)15(8)12-7-10-3-5-11(16)6-4-10/h3-7,16H,1-2H3/b12-7+. The van der Waals surface area contributed by atoms with Crippen molar-refractivity contribution in [1.29, 1.82) is 0 Å². The molecule has 0 aliphatic rings. The molecule has 2 rings (SSSR count). The van der Waals surface area contributed by atoms with E-state index in [2.05, 4.69) is 15.3 Å². The van der Waals surface area contributed by atoms with Gasteiger partial charge in [-0.15, -0.1) is 10.2 Å². The molecule has 1 N–H and O–H groups in total. The Labute approximate surface area is 93.1 Å². The van der Waals surface area contributed by atoms with Crippen LogP contribution in [0.4, 0.5) is 0 Å². The summed E-state index contributed by atoms with van der Waals surface area (Å²) in [6, 6.07) is 6.81. The highest BCUT2D eigenvalue weighted by atomic mass is 16.3. The second kappa shape index (κ2) is 4.14. The van der Waals surface area contributed by atoms with Gasteiger partial charge in [-0.2, -0.15) is 5.10 Å². The predicted octanol–water partition coefficient (Wildman–Crippen LogP) is 1.48. The maximum atomic E-state index is 9.13. The third kappa shape index (κ3) is 2.08. The van der Waals surface area contributed by atoms with Gasteiger partial charge in [-0.1, -0.05) is 0 Å². The lowest BCUT2D eigenvalue weighted by molar-refractivity contribution is 0.475. The van der Waals surface area contributed by atoms with Gasteiger partial charge in [0, 0.05) is 0 Å². The van der Waals surface area contributed by atoms with Crippen LogP contribution in [0.3, 0.4) is 0 Å². The number of benzene rings is 1. The van der Waals surface area contributed by atoms with Crippen molar-refractivity contribution in [2.45, 2.75) is 13.8 Å². The molecule has 1 aromatic carbocycles. The minimum Gasteiger partial charge on any atom is -0.508 e. The first-order valence-electron chi connectivity index (χ1n) is 4.89. The van der Waals surface area contributed by atoms with Gasteiger partial charge in [-0.3, -0.25) is 0 Å². The molecule has 0 fully saturated rings. The molecular weight excluding hydrogens is 204 g/mol. The molecule has 5 nitrogen and oxygen atoms in total. The van der Waals surface area contributed by atoms with Gasteiger partial charge >= 0.3 is 0 Å². The van der Waals surface area contributed by atoms with Crippen molar-refractivity contribution in [3.63, 3.8) is 0 Å². The third-order valence-electron chi connectivity index (χ3n) is 2.17. The number of nitrogens with zero attached hydrogens (tertiary/aromatic N) is 4. The summed E-state index contributed by atoms with van der Waals surface area (Å²) in [6.45, 7) is 3.68. The molecule has 1 aromatic heterocycles. The summed E-state index contributed by atoms with van der Waals surface area (Å²) < 4.78 is 1.66. The van der Waals surface area contributed by atoms with Crippen LogP contribution in [0.5, 0.6) is 5.75 Å². The van der Waals surface area contributed by atoms with Gasteiger partial charge in [0.1, 0.15) is 5.75 Å². The summed E-state index contributed by atoms with van der Waals surface area (Å²) in [5, 5.41) is 21.2. The molecule has 0 aliphatic carbocycles. The van der Waals surface area contributed by atoms with Gasteiger partial charge in [0.15, 0.2) is 11.6 Å². The van der Waals surface area contributed by atoms with Crippen molar-refractivity contribution < 1.29 is 5.11 Å². The Kier molecular flexibility index (Phi) is 2.68. The van der Waals surface area contributed by atoms with Crippen molar-refractivity contribution in [1.82, 2.24) is 14.9 Å². The van der Waals surface area contributed by atoms with Crippen LogP contribution in [0.2, 0.25) is 0 Å². The molecule has 0 saturated heterocycles. The van der Waals surface area contributed by atoms with Gasteiger partial charge in [0.05, 0.1) is 6.21 Å². The second-order valence-corrected chi connectivity index (χ2v) is 3.44. The number of aromatic nitrogens is 3. The fraction of sp³-hybridized carbons (Fsp3) is 0.182. The molecule has 0 bridgehead atoms. The maximum absolute atomic E-state index is 9.13. The number of phenolic OH excluding ortho intramolecular Hbond substituents is 1. The lowest BCUT2D eigenvalue weighted by atomic mass is 10.2. The quantitative estimate of drug-likeness (QED) is 0.773. The fourth-order valence-electron chi connectivity index (χ4n) is 1.32. The van der Waals surface area contributed by atoms with E-state index >= 15 is 0 Å². The molecule has 0 aliphatic heterocycles. The van der Waals surface area contributed by atoms with Crippen molar-refractivity contribution in [3.05, 3.63) is 41.5 Å². The molecule has 0 amide bonds. The average molecular weight is 216 g/mol. The summed E-state index contributed by atoms with van der Waals surface area (Å²) in [5.74, 6) is 1.73. The van der Waals surface area contributed by atoms with E-state index in [0.717, 1.165) is 17.2 Å². The molecule has 1 heterocycles. The Morgan fingerprint density at radius 1 is 1.12 bits per heavy atom. The summed E-state index contributed by atoms with van der Waals surface area (Å²) >= 11 is 0. The van der Waals surface area contributed by atoms with Crippen LogP contribution in [0, 0.1) is 13.8 Å². The molecule has 82 valence electrons.